The first kappa shape index (κ1) is 18.5. The molecule has 0 aromatic heterocycles. The predicted octanol–water partition coefficient (Wildman–Crippen LogP) is 4.08. The fourth-order valence-corrected chi connectivity index (χ4v) is 6.39. The lowest BCUT2D eigenvalue weighted by Gasteiger charge is -2.51. The Kier molecular flexibility index (Phi) is 3.67. The van der Waals surface area contributed by atoms with Gasteiger partial charge in [0.25, 0.3) is 0 Å². The summed E-state index contributed by atoms with van der Waals surface area (Å²) in [5.41, 5.74) is 1.73. The van der Waals surface area contributed by atoms with Gasteiger partial charge in [0, 0.05) is 10.4 Å². The number of benzene rings is 3. The Bertz CT molecular complexity index is 1270. The minimum absolute atomic E-state index is 0.340. The maximum Gasteiger partial charge on any atom is 0.319 e. The standard InChI is InChI=1S/C25H16BrNO4/c26-13-6-5-7-14(12-13)27-22(28)20-19-15-8-1-3-10-17(15)25(24(30)31,21(20)23(27)29)18-11-4-2-9-16(18)19/h1-12,19-21H,(H,30,31). The van der Waals surface area contributed by atoms with Gasteiger partial charge in [0.15, 0.2) is 0 Å². The Morgan fingerprint density at radius 2 is 1.48 bits per heavy atom. The third-order valence-corrected chi connectivity index (χ3v) is 7.52. The van der Waals surface area contributed by atoms with Gasteiger partial charge in [0.05, 0.1) is 17.5 Å². The van der Waals surface area contributed by atoms with Crippen molar-refractivity contribution in [3.05, 3.63) is 99.5 Å². The monoisotopic (exact) mass is 473 g/mol. The van der Waals surface area contributed by atoms with Crippen LogP contribution in [0, 0.1) is 11.8 Å². The zero-order chi connectivity index (χ0) is 21.5. The molecule has 4 aliphatic rings. The quantitative estimate of drug-likeness (QED) is 0.568. The molecule has 0 radical (unpaired) electrons. The molecule has 2 amide bonds. The number of carbonyl (C=O) groups is 3. The van der Waals surface area contributed by atoms with Crippen LogP contribution in [0.15, 0.2) is 77.3 Å². The highest BCUT2D eigenvalue weighted by molar-refractivity contribution is 9.10. The van der Waals surface area contributed by atoms with E-state index >= 15 is 0 Å². The molecule has 1 saturated heterocycles. The number of halogens is 1. The van der Waals surface area contributed by atoms with E-state index in [0.717, 1.165) is 15.6 Å². The van der Waals surface area contributed by atoms with E-state index in [4.69, 9.17) is 0 Å². The van der Waals surface area contributed by atoms with E-state index in [-0.39, 0.29) is 11.8 Å². The second kappa shape index (κ2) is 6.14. The summed E-state index contributed by atoms with van der Waals surface area (Å²) in [6.45, 7) is 0. The molecule has 3 aromatic rings. The summed E-state index contributed by atoms with van der Waals surface area (Å²) in [5, 5.41) is 10.7. The van der Waals surface area contributed by atoms with Crippen LogP contribution < -0.4 is 4.90 Å². The van der Waals surface area contributed by atoms with E-state index in [1.807, 2.05) is 30.3 Å². The minimum Gasteiger partial charge on any atom is -0.480 e. The van der Waals surface area contributed by atoms with Crippen LogP contribution in [0.2, 0.25) is 0 Å². The molecular formula is C25H16BrNO4. The van der Waals surface area contributed by atoms with Gasteiger partial charge in [0.1, 0.15) is 5.41 Å². The molecule has 1 fully saturated rings. The van der Waals surface area contributed by atoms with Gasteiger partial charge in [-0.2, -0.15) is 0 Å². The second-order valence-electron chi connectivity index (χ2n) is 8.26. The first-order chi connectivity index (χ1) is 15.0. The molecule has 3 aromatic carbocycles. The normalized spacial score (nSPS) is 27.6. The van der Waals surface area contributed by atoms with Gasteiger partial charge in [-0.15, -0.1) is 0 Å². The summed E-state index contributed by atoms with van der Waals surface area (Å²) in [6, 6.07) is 21.7. The molecule has 0 saturated carbocycles. The van der Waals surface area contributed by atoms with Crippen LogP contribution in [0.4, 0.5) is 5.69 Å². The molecule has 2 unspecified atom stereocenters. The summed E-state index contributed by atoms with van der Waals surface area (Å²) in [4.78, 5) is 41.8. The van der Waals surface area contributed by atoms with Crippen LogP contribution in [0.5, 0.6) is 0 Å². The number of anilines is 1. The maximum absolute atomic E-state index is 13.8. The lowest BCUT2D eigenvalue weighted by Crippen LogP contribution is -2.57. The summed E-state index contributed by atoms with van der Waals surface area (Å²) in [6.07, 6.45) is 0. The van der Waals surface area contributed by atoms with Gasteiger partial charge in [-0.25, -0.2) is 4.90 Å². The van der Waals surface area contributed by atoms with Gasteiger partial charge in [-0.05, 0) is 40.5 Å². The molecule has 31 heavy (non-hydrogen) atoms. The van der Waals surface area contributed by atoms with Crippen molar-refractivity contribution >= 4 is 39.4 Å². The van der Waals surface area contributed by atoms with Crippen LogP contribution in [0.3, 0.4) is 0 Å². The van der Waals surface area contributed by atoms with Gasteiger partial charge >= 0.3 is 5.97 Å². The van der Waals surface area contributed by atoms with Gasteiger partial charge in [-0.3, -0.25) is 14.4 Å². The van der Waals surface area contributed by atoms with Crippen molar-refractivity contribution in [1.82, 2.24) is 0 Å². The van der Waals surface area contributed by atoms with Crippen LogP contribution in [0.1, 0.15) is 28.2 Å². The first-order valence-electron chi connectivity index (χ1n) is 10.0. The largest absolute Gasteiger partial charge is 0.480 e. The number of rotatable bonds is 2. The van der Waals surface area contributed by atoms with Crippen molar-refractivity contribution in [3.63, 3.8) is 0 Å². The molecule has 152 valence electrons. The number of hydrogen-bond acceptors (Lipinski definition) is 3. The molecule has 7 rings (SSSR count). The van der Waals surface area contributed by atoms with Gasteiger partial charge in [-0.1, -0.05) is 70.5 Å². The lowest BCUT2D eigenvalue weighted by molar-refractivity contribution is -0.149. The van der Waals surface area contributed by atoms with Crippen molar-refractivity contribution in [2.24, 2.45) is 11.8 Å². The molecule has 1 heterocycles. The van der Waals surface area contributed by atoms with E-state index in [2.05, 4.69) is 15.9 Å². The number of imide groups is 1. The maximum atomic E-state index is 13.8. The topological polar surface area (TPSA) is 74.7 Å². The number of carbonyl (C=O) groups excluding carboxylic acids is 2. The molecule has 1 N–H and O–H groups in total. The Hall–Kier alpha value is -3.25. The Morgan fingerprint density at radius 1 is 0.871 bits per heavy atom. The molecule has 2 atom stereocenters. The van der Waals surface area contributed by atoms with Gasteiger partial charge < -0.3 is 5.11 Å². The highest BCUT2D eigenvalue weighted by Crippen LogP contribution is 2.64. The van der Waals surface area contributed by atoms with E-state index < -0.39 is 29.1 Å². The zero-order valence-electron chi connectivity index (χ0n) is 16.2. The van der Waals surface area contributed by atoms with E-state index in [9.17, 15) is 19.5 Å². The average molecular weight is 474 g/mol. The lowest BCUT2D eigenvalue weighted by atomic mass is 9.47. The number of carboxylic acids is 1. The Balaban J connectivity index is 1.68. The summed E-state index contributed by atoms with van der Waals surface area (Å²) < 4.78 is 0.739. The van der Waals surface area contributed by atoms with Crippen LogP contribution in [-0.2, 0) is 19.8 Å². The average Bonchev–Trinajstić information content (AvgIpc) is 3.04. The third-order valence-electron chi connectivity index (χ3n) is 7.02. The van der Waals surface area contributed by atoms with E-state index in [0.29, 0.717) is 16.8 Å². The Labute approximate surface area is 186 Å². The smallest absolute Gasteiger partial charge is 0.319 e. The fraction of sp³-hybridized carbons (Fsp3) is 0.160. The Morgan fingerprint density at radius 3 is 2.06 bits per heavy atom. The first-order valence-corrected chi connectivity index (χ1v) is 10.8. The predicted molar refractivity (Wildman–Crippen MR) is 117 cm³/mol. The molecule has 1 aliphatic heterocycles. The summed E-state index contributed by atoms with van der Waals surface area (Å²) >= 11 is 3.40. The molecule has 5 nitrogen and oxygen atoms in total. The van der Waals surface area contributed by atoms with E-state index in [1.54, 1.807) is 42.5 Å². The summed E-state index contributed by atoms with van der Waals surface area (Å²) in [5.74, 6) is -4.00. The molecule has 2 bridgehead atoms. The number of carboxylic acid groups (broad SMARTS) is 1. The van der Waals surface area contributed by atoms with Crippen LogP contribution in [-0.4, -0.2) is 22.9 Å². The molecular weight excluding hydrogens is 458 g/mol. The molecule has 0 spiro atoms. The second-order valence-corrected chi connectivity index (χ2v) is 9.18. The van der Waals surface area contributed by atoms with Gasteiger partial charge in [0.2, 0.25) is 11.8 Å². The third kappa shape index (κ3) is 2.08. The minimum atomic E-state index is -1.60. The number of amides is 2. The number of aliphatic carboxylic acids is 1. The van der Waals surface area contributed by atoms with Crippen molar-refractivity contribution < 1.29 is 19.5 Å². The summed E-state index contributed by atoms with van der Waals surface area (Å²) in [7, 11) is 0. The molecule has 6 heteroatoms. The zero-order valence-corrected chi connectivity index (χ0v) is 17.7. The van der Waals surface area contributed by atoms with Crippen molar-refractivity contribution in [1.29, 1.82) is 0 Å². The SMILES string of the molecule is O=C1C2C3c4ccccc4C(C(=O)O)(c4ccccc43)C2C(=O)N1c1cccc(Br)c1. The highest BCUT2D eigenvalue weighted by Gasteiger charge is 2.71. The van der Waals surface area contributed by atoms with Crippen molar-refractivity contribution in [3.8, 4) is 0 Å². The fourth-order valence-electron chi connectivity index (χ4n) is 6.00. The number of hydrogen-bond donors (Lipinski definition) is 1. The van der Waals surface area contributed by atoms with Crippen molar-refractivity contribution in [2.45, 2.75) is 11.3 Å². The van der Waals surface area contributed by atoms with Crippen LogP contribution >= 0.6 is 15.9 Å². The van der Waals surface area contributed by atoms with E-state index in [1.165, 1.54) is 4.90 Å². The number of nitrogens with zero attached hydrogens (tertiary/aromatic N) is 1. The van der Waals surface area contributed by atoms with Crippen molar-refractivity contribution in [2.75, 3.05) is 4.90 Å². The molecule has 3 aliphatic carbocycles. The van der Waals surface area contributed by atoms with Crippen LogP contribution in [0.25, 0.3) is 0 Å². The highest BCUT2D eigenvalue weighted by atomic mass is 79.9.